The van der Waals surface area contributed by atoms with Gasteiger partial charge in [0, 0.05) is 18.2 Å². The van der Waals surface area contributed by atoms with Crippen molar-refractivity contribution >= 4 is 5.91 Å². The standard InChI is InChI=1S/C19H18N2O4/c1-21(19(22)15-6-4-3-5-7-15)25-13-16-12-24-18(20-16)14-8-10-17(23-2)11-9-14/h3-12H,13H2,1-2H3. The minimum atomic E-state index is -0.223. The number of ether oxygens (including phenoxy) is 1. The molecule has 0 N–H and O–H groups in total. The highest BCUT2D eigenvalue weighted by molar-refractivity contribution is 5.93. The average Bonchev–Trinajstić information content (AvgIpc) is 3.15. The van der Waals surface area contributed by atoms with Crippen LogP contribution in [0.5, 0.6) is 5.75 Å². The molecule has 1 aromatic heterocycles. The van der Waals surface area contributed by atoms with Gasteiger partial charge in [0.15, 0.2) is 0 Å². The summed E-state index contributed by atoms with van der Waals surface area (Å²) in [4.78, 5) is 22.0. The summed E-state index contributed by atoms with van der Waals surface area (Å²) < 4.78 is 10.6. The summed E-state index contributed by atoms with van der Waals surface area (Å²) >= 11 is 0. The molecule has 1 heterocycles. The predicted octanol–water partition coefficient (Wildman–Crippen LogP) is 3.55. The first kappa shape index (κ1) is 16.7. The maximum absolute atomic E-state index is 12.2. The Morgan fingerprint density at radius 3 is 2.52 bits per heavy atom. The number of carbonyl (C=O) groups is 1. The van der Waals surface area contributed by atoms with Crippen molar-refractivity contribution in [3.63, 3.8) is 0 Å². The second-order valence-corrected chi connectivity index (χ2v) is 5.31. The molecular weight excluding hydrogens is 320 g/mol. The monoisotopic (exact) mass is 338 g/mol. The summed E-state index contributed by atoms with van der Waals surface area (Å²) in [5, 5.41) is 1.19. The third-order valence-corrected chi connectivity index (χ3v) is 3.60. The summed E-state index contributed by atoms with van der Waals surface area (Å²) in [7, 11) is 3.18. The van der Waals surface area contributed by atoms with Gasteiger partial charge in [0.1, 0.15) is 24.3 Å². The van der Waals surface area contributed by atoms with Gasteiger partial charge < -0.3 is 9.15 Å². The van der Waals surface area contributed by atoms with Crippen LogP contribution >= 0.6 is 0 Å². The van der Waals surface area contributed by atoms with E-state index >= 15 is 0 Å². The average molecular weight is 338 g/mol. The van der Waals surface area contributed by atoms with Crippen LogP contribution in [0.15, 0.2) is 65.3 Å². The van der Waals surface area contributed by atoms with Gasteiger partial charge in [-0.25, -0.2) is 10.0 Å². The first-order valence-electron chi connectivity index (χ1n) is 7.72. The molecule has 25 heavy (non-hydrogen) atoms. The molecular formula is C19H18N2O4. The van der Waals surface area contributed by atoms with Crippen molar-refractivity contribution in [3.8, 4) is 17.2 Å². The number of aromatic nitrogens is 1. The van der Waals surface area contributed by atoms with E-state index in [-0.39, 0.29) is 12.5 Å². The Morgan fingerprint density at radius 1 is 1.12 bits per heavy atom. The number of hydrogen-bond acceptors (Lipinski definition) is 5. The molecule has 0 unspecified atom stereocenters. The van der Waals surface area contributed by atoms with E-state index in [0.29, 0.717) is 17.1 Å². The molecule has 0 saturated carbocycles. The summed E-state index contributed by atoms with van der Waals surface area (Å²) in [5.74, 6) is 1.03. The summed E-state index contributed by atoms with van der Waals surface area (Å²) in [5.41, 5.74) is 1.99. The largest absolute Gasteiger partial charge is 0.497 e. The van der Waals surface area contributed by atoms with Gasteiger partial charge in [-0.15, -0.1) is 0 Å². The van der Waals surface area contributed by atoms with Crippen LogP contribution in [-0.2, 0) is 11.4 Å². The van der Waals surface area contributed by atoms with Gasteiger partial charge in [0.05, 0.1) is 7.11 Å². The molecule has 0 bridgehead atoms. The second kappa shape index (κ2) is 7.63. The quantitative estimate of drug-likeness (QED) is 0.643. The van der Waals surface area contributed by atoms with Crippen molar-refractivity contribution in [3.05, 3.63) is 72.1 Å². The minimum absolute atomic E-state index is 0.134. The zero-order valence-electron chi connectivity index (χ0n) is 14.0. The van der Waals surface area contributed by atoms with Gasteiger partial charge in [0.2, 0.25) is 5.89 Å². The van der Waals surface area contributed by atoms with Gasteiger partial charge in [-0.2, -0.15) is 0 Å². The van der Waals surface area contributed by atoms with Crippen LogP contribution in [0.3, 0.4) is 0 Å². The van der Waals surface area contributed by atoms with E-state index < -0.39 is 0 Å². The molecule has 0 spiro atoms. The number of methoxy groups -OCH3 is 1. The van der Waals surface area contributed by atoms with E-state index in [9.17, 15) is 4.79 Å². The van der Waals surface area contributed by atoms with Crippen molar-refractivity contribution < 1.29 is 18.8 Å². The zero-order chi connectivity index (χ0) is 17.6. The van der Waals surface area contributed by atoms with Gasteiger partial charge in [-0.1, -0.05) is 18.2 Å². The molecule has 3 rings (SSSR count). The minimum Gasteiger partial charge on any atom is -0.497 e. The fourth-order valence-electron chi connectivity index (χ4n) is 2.22. The molecule has 3 aromatic rings. The number of rotatable bonds is 6. The Kier molecular flexibility index (Phi) is 5.11. The molecule has 128 valence electrons. The summed E-state index contributed by atoms with van der Waals surface area (Å²) in [6.45, 7) is 0.134. The van der Waals surface area contributed by atoms with Crippen LogP contribution in [0.1, 0.15) is 16.1 Å². The smallest absolute Gasteiger partial charge is 0.277 e. The molecule has 0 aliphatic carbocycles. The number of benzene rings is 2. The van der Waals surface area contributed by atoms with E-state index in [4.69, 9.17) is 14.0 Å². The molecule has 0 aliphatic rings. The molecule has 0 atom stereocenters. The highest BCUT2D eigenvalue weighted by Gasteiger charge is 2.13. The van der Waals surface area contributed by atoms with Crippen molar-refractivity contribution in [2.45, 2.75) is 6.61 Å². The van der Waals surface area contributed by atoms with Gasteiger partial charge >= 0.3 is 0 Å². The molecule has 0 radical (unpaired) electrons. The third-order valence-electron chi connectivity index (χ3n) is 3.60. The van der Waals surface area contributed by atoms with Crippen molar-refractivity contribution in [2.24, 2.45) is 0 Å². The van der Waals surface area contributed by atoms with Crippen LogP contribution in [0.25, 0.3) is 11.5 Å². The fraction of sp³-hybridized carbons (Fsp3) is 0.158. The normalized spacial score (nSPS) is 10.5. The van der Waals surface area contributed by atoms with Gasteiger partial charge in [0.25, 0.3) is 5.91 Å². The lowest BCUT2D eigenvalue weighted by atomic mass is 10.2. The van der Waals surface area contributed by atoms with Gasteiger partial charge in [-0.3, -0.25) is 9.63 Å². The Balaban J connectivity index is 1.60. The van der Waals surface area contributed by atoms with Crippen LogP contribution in [0.2, 0.25) is 0 Å². The number of hydroxylamine groups is 2. The highest BCUT2D eigenvalue weighted by atomic mass is 16.7. The highest BCUT2D eigenvalue weighted by Crippen LogP contribution is 2.22. The molecule has 6 nitrogen and oxygen atoms in total. The maximum Gasteiger partial charge on any atom is 0.277 e. The topological polar surface area (TPSA) is 64.8 Å². The molecule has 2 aromatic carbocycles. The molecule has 6 heteroatoms. The van der Waals surface area contributed by atoms with Gasteiger partial charge in [-0.05, 0) is 36.4 Å². The molecule has 0 saturated heterocycles. The van der Waals surface area contributed by atoms with Crippen molar-refractivity contribution in [1.82, 2.24) is 10.0 Å². The summed E-state index contributed by atoms with van der Waals surface area (Å²) in [6.07, 6.45) is 1.51. The Morgan fingerprint density at radius 2 is 1.84 bits per heavy atom. The number of carbonyl (C=O) groups excluding carboxylic acids is 1. The Bertz CT molecular complexity index is 828. The molecule has 1 amide bonds. The predicted molar refractivity (Wildman–Crippen MR) is 91.8 cm³/mol. The number of hydrogen-bond donors (Lipinski definition) is 0. The van der Waals surface area contributed by atoms with E-state index in [2.05, 4.69) is 4.98 Å². The van der Waals surface area contributed by atoms with Crippen LogP contribution in [-0.4, -0.2) is 30.1 Å². The lowest BCUT2D eigenvalue weighted by molar-refractivity contribution is -0.117. The first-order valence-corrected chi connectivity index (χ1v) is 7.72. The number of amides is 1. The maximum atomic E-state index is 12.2. The first-order chi connectivity index (χ1) is 12.2. The SMILES string of the molecule is COc1ccc(-c2nc(CON(C)C(=O)c3ccccc3)co2)cc1. The second-order valence-electron chi connectivity index (χ2n) is 5.31. The Hall–Kier alpha value is -3.12. The van der Waals surface area contributed by atoms with Crippen LogP contribution in [0.4, 0.5) is 0 Å². The van der Waals surface area contributed by atoms with E-state index in [1.54, 1.807) is 38.4 Å². The number of nitrogens with zero attached hydrogens (tertiary/aromatic N) is 2. The van der Waals surface area contributed by atoms with Crippen molar-refractivity contribution in [1.29, 1.82) is 0 Å². The molecule has 0 aliphatic heterocycles. The lowest BCUT2D eigenvalue weighted by Crippen LogP contribution is -2.26. The Labute approximate surface area is 145 Å². The van der Waals surface area contributed by atoms with Crippen molar-refractivity contribution in [2.75, 3.05) is 14.2 Å². The number of oxazole rings is 1. The lowest BCUT2D eigenvalue weighted by Gasteiger charge is -2.15. The van der Waals surface area contributed by atoms with E-state index in [1.165, 1.54) is 11.3 Å². The van der Waals surface area contributed by atoms with E-state index in [1.807, 2.05) is 30.3 Å². The van der Waals surface area contributed by atoms with Crippen LogP contribution in [0, 0.1) is 0 Å². The van der Waals surface area contributed by atoms with E-state index in [0.717, 1.165) is 11.3 Å². The zero-order valence-corrected chi connectivity index (χ0v) is 14.0. The third kappa shape index (κ3) is 4.05. The fourth-order valence-corrected chi connectivity index (χ4v) is 2.22. The summed E-state index contributed by atoms with van der Waals surface area (Å²) in [6, 6.07) is 16.3. The molecule has 0 fully saturated rings. The van der Waals surface area contributed by atoms with Crippen LogP contribution < -0.4 is 4.74 Å².